The first kappa shape index (κ1) is 23.8. The van der Waals surface area contributed by atoms with Crippen LogP contribution in [0.25, 0.3) is 16.8 Å². The Kier molecular flexibility index (Phi) is 5.68. The number of fused-ring (bicyclic) bond motifs is 1. The summed E-state index contributed by atoms with van der Waals surface area (Å²) in [6.45, 7) is -0.485. The Bertz CT molecular complexity index is 1360. The lowest BCUT2D eigenvalue weighted by Crippen LogP contribution is -2.47. The molecule has 3 aromatic rings. The molecule has 1 saturated heterocycles. The van der Waals surface area contributed by atoms with Crippen molar-refractivity contribution in [3.8, 4) is 17.1 Å². The molecule has 0 radical (unpaired) electrons. The summed E-state index contributed by atoms with van der Waals surface area (Å²) < 4.78 is 62.1. The summed E-state index contributed by atoms with van der Waals surface area (Å²) in [5.41, 5.74) is 6.03. The number of rotatable bonds is 5. The Morgan fingerprint density at radius 2 is 1.97 bits per heavy atom. The fourth-order valence-corrected chi connectivity index (χ4v) is 4.57. The van der Waals surface area contributed by atoms with Crippen molar-refractivity contribution < 1.29 is 31.9 Å². The summed E-state index contributed by atoms with van der Waals surface area (Å²) in [5.74, 6) is -5.78. The van der Waals surface area contributed by atoms with Crippen molar-refractivity contribution in [2.75, 3.05) is 25.9 Å². The number of ether oxygens (including phenoxy) is 1. The van der Waals surface area contributed by atoms with Gasteiger partial charge < -0.3 is 20.7 Å². The van der Waals surface area contributed by atoms with Gasteiger partial charge in [0.05, 0.1) is 19.7 Å². The first-order chi connectivity index (χ1) is 17.1. The van der Waals surface area contributed by atoms with E-state index in [0.29, 0.717) is 0 Å². The first-order valence-corrected chi connectivity index (χ1v) is 11.0. The number of nitrogens with two attached hydrogens (primary N) is 1. The van der Waals surface area contributed by atoms with Crippen LogP contribution in [0.15, 0.2) is 24.7 Å². The lowest BCUT2D eigenvalue weighted by molar-refractivity contribution is -0.159. The van der Waals surface area contributed by atoms with Gasteiger partial charge in [0.1, 0.15) is 29.3 Å². The van der Waals surface area contributed by atoms with Gasteiger partial charge in [0.15, 0.2) is 11.6 Å². The third-order valence-electron chi connectivity index (χ3n) is 6.43. The number of nitrogens with zero attached hydrogens (tertiary/aromatic N) is 5. The third kappa shape index (κ3) is 4.05. The van der Waals surface area contributed by atoms with Crippen LogP contribution >= 0.6 is 0 Å². The van der Waals surface area contributed by atoms with E-state index in [2.05, 4.69) is 20.4 Å². The van der Waals surface area contributed by atoms with E-state index in [0.717, 1.165) is 17.3 Å². The lowest BCUT2D eigenvalue weighted by atomic mass is 9.80. The molecule has 0 bridgehead atoms. The second-order valence-electron chi connectivity index (χ2n) is 8.86. The minimum atomic E-state index is -2.88. The van der Waals surface area contributed by atoms with Crippen LogP contribution in [-0.2, 0) is 4.79 Å². The van der Waals surface area contributed by atoms with Crippen LogP contribution in [-0.4, -0.2) is 74.6 Å². The van der Waals surface area contributed by atoms with Gasteiger partial charge >= 0.3 is 0 Å². The van der Waals surface area contributed by atoms with Gasteiger partial charge in [0.2, 0.25) is 17.7 Å². The molecule has 2 amide bonds. The zero-order valence-electron chi connectivity index (χ0n) is 18.9. The van der Waals surface area contributed by atoms with Gasteiger partial charge in [0, 0.05) is 43.1 Å². The maximum atomic E-state index is 14.8. The molecule has 3 N–H and O–H groups in total. The molecule has 14 heteroatoms. The fourth-order valence-electron chi connectivity index (χ4n) is 4.57. The summed E-state index contributed by atoms with van der Waals surface area (Å²) in [6, 6.07) is 1.38. The molecule has 4 heterocycles. The average molecular weight is 507 g/mol. The van der Waals surface area contributed by atoms with E-state index in [1.807, 2.05) is 0 Å². The van der Waals surface area contributed by atoms with Crippen LogP contribution < -0.4 is 15.8 Å². The van der Waals surface area contributed by atoms with Crippen molar-refractivity contribution in [1.29, 1.82) is 0 Å². The lowest BCUT2D eigenvalue weighted by Gasteiger charge is -2.36. The quantitative estimate of drug-likeness (QED) is 0.505. The number of carbonyl (C=O) groups is 2. The number of likely N-dealkylation sites (tertiary alicyclic amines) is 1. The number of aromatic nitrogens is 4. The van der Waals surface area contributed by atoms with E-state index in [1.165, 1.54) is 23.9 Å². The molecule has 190 valence electrons. The van der Waals surface area contributed by atoms with Crippen molar-refractivity contribution in [3.05, 3.63) is 36.0 Å². The topological polar surface area (TPSA) is 128 Å². The van der Waals surface area contributed by atoms with Crippen molar-refractivity contribution in [3.63, 3.8) is 0 Å². The Morgan fingerprint density at radius 1 is 1.22 bits per heavy atom. The SMILES string of the molecule is COc1ncc(-c2c(F)cc3c(N)ncnn23)cc1C(=O)N[C@@H]1CN(C(=O)C2CC(F)(F)C2)C[C@@H]1F. The predicted molar refractivity (Wildman–Crippen MR) is 118 cm³/mol. The molecule has 3 aromatic heterocycles. The highest BCUT2D eigenvalue weighted by molar-refractivity contribution is 5.98. The Morgan fingerprint density at radius 3 is 2.67 bits per heavy atom. The molecule has 1 aliphatic carbocycles. The van der Waals surface area contributed by atoms with E-state index in [4.69, 9.17) is 10.5 Å². The van der Waals surface area contributed by atoms with E-state index in [9.17, 15) is 27.2 Å². The normalized spacial score (nSPS) is 21.4. The number of methoxy groups -OCH3 is 1. The van der Waals surface area contributed by atoms with Crippen LogP contribution in [0.1, 0.15) is 23.2 Å². The highest BCUT2D eigenvalue weighted by atomic mass is 19.3. The summed E-state index contributed by atoms with van der Waals surface area (Å²) in [7, 11) is 1.28. The van der Waals surface area contributed by atoms with Gasteiger partial charge in [-0.25, -0.2) is 32.0 Å². The number of amides is 2. The van der Waals surface area contributed by atoms with Crippen LogP contribution in [0, 0.1) is 11.7 Å². The summed E-state index contributed by atoms with van der Waals surface area (Å²) in [5, 5.41) is 6.51. The minimum absolute atomic E-state index is 0.0263. The molecule has 2 atom stereocenters. The van der Waals surface area contributed by atoms with Crippen LogP contribution in [0.4, 0.5) is 23.4 Å². The Labute approximate surface area is 201 Å². The summed E-state index contributed by atoms with van der Waals surface area (Å²) >= 11 is 0. The molecular formula is C22H21F4N7O3. The molecule has 2 fully saturated rings. The molecule has 2 aliphatic rings. The van der Waals surface area contributed by atoms with Gasteiger partial charge in [0.25, 0.3) is 5.91 Å². The molecule has 5 rings (SSSR count). The number of alkyl halides is 3. The van der Waals surface area contributed by atoms with Crippen molar-refractivity contribution in [1.82, 2.24) is 29.8 Å². The van der Waals surface area contributed by atoms with E-state index < -0.39 is 54.5 Å². The van der Waals surface area contributed by atoms with Gasteiger partial charge in [-0.3, -0.25) is 9.59 Å². The van der Waals surface area contributed by atoms with E-state index in [-0.39, 0.29) is 47.1 Å². The predicted octanol–water partition coefficient (Wildman–Crippen LogP) is 1.85. The van der Waals surface area contributed by atoms with Crippen LogP contribution in [0.5, 0.6) is 5.88 Å². The van der Waals surface area contributed by atoms with Gasteiger partial charge in [-0.2, -0.15) is 5.10 Å². The largest absolute Gasteiger partial charge is 0.480 e. The fraction of sp³-hybridized carbons (Fsp3) is 0.409. The molecule has 0 aromatic carbocycles. The molecule has 1 aliphatic heterocycles. The summed E-state index contributed by atoms with van der Waals surface area (Å²) in [4.78, 5) is 34.5. The number of hydrogen-bond donors (Lipinski definition) is 2. The Hall–Kier alpha value is -3.97. The number of pyridine rings is 1. The Balaban J connectivity index is 1.37. The number of anilines is 1. The molecular weight excluding hydrogens is 486 g/mol. The molecule has 36 heavy (non-hydrogen) atoms. The van der Waals surface area contributed by atoms with Crippen molar-refractivity contribution >= 4 is 23.1 Å². The number of halogens is 4. The minimum Gasteiger partial charge on any atom is -0.480 e. The number of nitrogens with one attached hydrogen (secondary N) is 1. The second-order valence-corrected chi connectivity index (χ2v) is 8.86. The molecule has 0 spiro atoms. The van der Waals surface area contributed by atoms with E-state index in [1.54, 1.807) is 0 Å². The molecule has 10 nitrogen and oxygen atoms in total. The molecule has 0 unspecified atom stereocenters. The number of hydrogen-bond acceptors (Lipinski definition) is 7. The number of carbonyl (C=O) groups excluding carboxylic acids is 2. The zero-order chi connectivity index (χ0) is 25.8. The zero-order valence-corrected chi connectivity index (χ0v) is 18.9. The maximum Gasteiger partial charge on any atom is 0.257 e. The van der Waals surface area contributed by atoms with Gasteiger partial charge in [-0.05, 0) is 6.07 Å². The first-order valence-electron chi connectivity index (χ1n) is 11.0. The summed E-state index contributed by atoms with van der Waals surface area (Å²) in [6.07, 6.45) is -0.302. The highest BCUT2D eigenvalue weighted by Gasteiger charge is 2.51. The van der Waals surface area contributed by atoms with Crippen molar-refractivity contribution in [2.24, 2.45) is 5.92 Å². The highest BCUT2D eigenvalue weighted by Crippen LogP contribution is 2.43. The van der Waals surface area contributed by atoms with E-state index >= 15 is 0 Å². The van der Waals surface area contributed by atoms with Crippen molar-refractivity contribution in [2.45, 2.75) is 31.0 Å². The van der Waals surface area contributed by atoms with Crippen LogP contribution in [0.3, 0.4) is 0 Å². The van der Waals surface area contributed by atoms with Crippen LogP contribution in [0.2, 0.25) is 0 Å². The smallest absolute Gasteiger partial charge is 0.257 e. The number of nitrogen functional groups attached to an aromatic ring is 1. The second kappa shape index (κ2) is 8.60. The average Bonchev–Trinajstić information content (AvgIpc) is 3.36. The van der Waals surface area contributed by atoms with Gasteiger partial charge in [-0.1, -0.05) is 0 Å². The monoisotopic (exact) mass is 507 g/mol. The third-order valence-corrected chi connectivity index (χ3v) is 6.43. The standard InChI is InChI=1S/C22H21F4N7O3/c1-36-20-12(2-10(6-28-20)17-13(23)3-16-18(27)29-9-30-33(16)17)19(34)31-15-8-32(7-14(15)24)21(35)11-4-22(25,26)5-11/h2-3,6,9,11,14-15H,4-5,7-8H2,1H3,(H,31,34)(H2,27,29,30)/t14-,15+/m0/s1. The van der Waals surface area contributed by atoms with Gasteiger partial charge in [-0.15, -0.1) is 0 Å². The maximum absolute atomic E-state index is 14.8. The molecule has 1 saturated carbocycles.